The zero-order valence-electron chi connectivity index (χ0n) is 30.3. The lowest BCUT2D eigenvalue weighted by Crippen LogP contribution is -2.47. The quantitative estimate of drug-likeness (QED) is 0.208. The Hall–Kier alpha value is -4.38. The molecule has 2 amide bonds. The van der Waals surface area contributed by atoms with Gasteiger partial charge in [-0.2, -0.15) is 26.3 Å². The van der Waals surface area contributed by atoms with Gasteiger partial charge in [0.15, 0.2) is 0 Å². The second-order valence-corrected chi connectivity index (χ2v) is 14.3. The number of aromatic nitrogens is 4. The molecule has 56 heavy (non-hydrogen) atoms. The number of carbonyl (C=O) groups excluding carboxylic acids is 2. The minimum Gasteiger partial charge on any atom is -0.344 e. The van der Waals surface area contributed by atoms with Gasteiger partial charge in [-0.15, -0.1) is 24.8 Å². The van der Waals surface area contributed by atoms with Crippen molar-refractivity contribution in [2.24, 2.45) is 0 Å². The van der Waals surface area contributed by atoms with E-state index in [4.69, 9.17) is 0 Å². The highest BCUT2D eigenvalue weighted by Crippen LogP contribution is 2.40. The Labute approximate surface area is 331 Å². The van der Waals surface area contributed by atoms with Gasteiger partial charge in [-0.25, -0.2) is 19.9 Å². The highest BCUT2D eigenvalue weighted by Gasteiger charge is 2.51. The number of likely N-dealkylation sites (N-methyl/N-ethyl adjacent to an activating group) is 2. The monoisotopic (exact) mass is 824 g/mol. The second kappa shape index (κ2) is 16.2. The summed E-state index contributed by atoms with van der Waals surface area (Å²) in [6, 6.07) is 12.9. The van der Waals surface area contributed by atoms with Crippen LogP contribution in [0.1, 0.15) is 73.4 Å². The molecule has 0 saturated carbocycles. The summed E-state index contributed by atoms with van der Waals surface area (Å²) in [7, 11) is 3.60. The topological polar surface area (TPSA) is 116 Å². The lowest BCUT2D eigenvalue weighted by atomic mass is 9.96. The molecule has 2 N–H and O–H groups in total. The van der Waals surface area contributed by atoms with Crippen LogP contribution >= 0.6 is 24.8 Å². The molecule has 8 rings (SSSR count). The maximum absolute atomic E-state index is 12.7. The zero-order valence-corrected chi connectivity index (χ0v) is 32.0. The Morgan fingerprint density at radius 1 is 0.589 bits per heavy atom. The minimum atomic E-state index is -4.36. The number of halogens is 8. The predicted molar refractivity (Wildman–Crippen MR) is 200 cm³/mol. The van der Waals surface area contributed by atoms with Crippen molar-refractivity contribution in [3.05, 3.63) is 95.8 Å². The minimum absolute atomic E-state index is 0. The van der Waals surface area contributed by atoms with Crippen LogP contribution in [-0.4, -0.2) is 79.8 Å². The van der Waals surface area contributed by atoms with Crippen LogP contribution in [0.3, 0.4) is 0 Å². The van der Waals surface area contributed by atoms with Crippen LogP contribution in [0.4, 0.5) is 26.3 Å². The number of alkyl halides is 6. The number of hydrogen-bond donors (Lipinski definition) is 2. The van der Waals surface area contributed by atoms with Crippen molar-refractivity contribution in [1.29, 1.82) is 0 Å². The van der Waals surface area contributed by atoms with Crippen molar-refractivity contribution in [1.82, 2.24) is 40.4 Å². The van der Waals surface area contributed by atoms with Gasteiger partial charge in [-0.3, -0.25) is 20.2 Å². The second-order valence-electron chi connectivity index (χ2n) is 14.3. The highest BCUT2D eigenvalue weighted by atomic mass is 35.5. The molecule has 4 fully saturated rings. The fraction of sp³-hybridized carbons (Fsp3) is 0.421. The average molecular weight is 826 g/mol. The summed E-state index contributed by atoms with van der Waals surface area (Å²) in [5.41, 5.74) is -0.141. The number of hydrogen-bond acceptors (Lipinski definition) is 8. The number of amides is 2. The number of rotatable bonds is 4. The normalized spacial score (nSPS) is 24.6. The first-order valence-electron chi connectivity index (χ1n) is 17.6. The summed E-state index contributed by atoms with van der Waals surface area (Å²) in [6.07, 6.45) is -1.05. The van der Waals surface area contributed by atoms with Gasteiger partial charge in [-0.1, -0.05) is 24.3 Å². The van der Waals surface area contributed by atoms with E-state index in [0.29, 0.717) is 34.2 Å². The molecule has 2 aromatic heterocycles. The summed E-state index contributed by atoms with van der Waals surface area (Å²) in [5, 5.41) is 6.81. The van der Waals surface area contributed by atoms with E-state index in [1.54, 1.807) is 48.4 Å². The van der Waals surface area contributed by atoms with Crippen LogP contribution < -0.4 is 10.6 Å². The van der Waals surface area contributed by atoms with Gasteiger partial charge in [0.1, 0.15) is 22.7 Å². The van der Waals surface area contributed by atoms with Crippen molar-refractivity contribution >= 4 is 36.6 Å². The number of benzene rings is 2. The molecule has 10 nitrogen and oxygen atoms in total. The lowest BCUT2D eigenvalue weighted by molar-refractivity contribution is -0.138. The summed E-state index contributed by atoms with van der Waals surface area (Å²) in [6.45, 7) is 1.45. The number of likely N-dealkylation sites (tertiary alicyclic amines) is 2. The van der Waals surface area contributed by atoms with Crippen LogP contribution in [0, 0.1) is 0 Å². The van der Waals surface area contributed by atoms with Gasteiger partial charge < -0.3 is 9.80 Å². The Kier molecular flexibility index (Phi) is 12.4. The molecular formula is C38H40Cl2F6N8O2. The van der Waals surface area contributed by atoms with E-state index >= 15 is 0 Å². The molecule has 18 heteroatoms. The standard InChI is InChI=1S/2C19H19F3N4O.2ClH/c2*1-26-11-9-18(17(26)27)8-6-15(25-18)16-23-10-7-14(24-16)12-2-4-13(5-3-12)19(20,21)22;;/h2*2-5,7,10,15,25H,6,8-9,11H2,1H3;2*1H/t15-,18+;15-,18-;;/m10../s1. The lowest BCUT2D eigenvalue weighted by Gasteiger charge is -2.23. The number of carbonyl (C=O) groups is 2. The molecule has 0 bridgehead atoms. The van der Waals surface area contributed by atoms with Gasteiger partial charge in [0.2, 0.25) is 11.8 Å². The molecule has 4 saturated heterocycles. The first-order valence-corrected chi connectivity index (χ1v) is 17.6. The van der Waals surface area contributed by atoms with Crippen molar-refractivity contribution < 1.29 is 35.9 Å². The molecule has 0 radical (unpaired) electrons. The van der Waals surface area contributed by atoms with Gasteiger partial charge in [0.05, 0.1) is 34.6 Å². The zero-order chi connectivity index (χ0) is 38.5. The Morgan fingerprint density at radius 3 is 1.25 bits per heavy atom. The van der Waals surface area contributed by atoms with Crippen molar-refractivity contribution in [2.45, 2.75) is 74.0 Å². The van der Waals surface area contributed by atoms with Gasteiger partial charge in [0.25, 0.3) is 0 Å². The molecule has 4 aliphatic rings. The van der Waals surface area contributed by atoms with Gasteiger partial charge >= 0.3 is 12.4 Å². The van der Waals surface area contributed by atoms with Crippen LogP contribution in [-0.2, 0) is 21.9 Å². The Bertz CT molecular complexity index is 1890. The molecule has 4 atom stereocenters. The van der Waals surface area contributed by atoms with Crippen LogP contribution in [0.2, 0.25) is 0 Å². The fourth-order valence-corrected chi connectivity index (χ4v) is 7.79. The molecule has 2 aromatic carbocycles. The largest absolute Gasteiger partial charge is 0.416 e. The first kappa shape index (κ1) is 42.8. The third-order valence-corrected chi connectivity index (χ3v) is 10.9. The molecule has 4 aliphatic heterocycles. The van der Waals surface area contributed by atoms with E-state index < -0.39 is 34.6 Å². The molecule has 6 heterocycles. The smallest absolute Gasteiger partial charge is 0.344 e. The molecule has 0 unspecified atom stereocenters. The van der Waals surface area contributed by atoms with E-state index in [-0.39, 0.29) is 48.7 Å². The summed E-state index contributed by atoms with van der Waals surface area (Å²) in [5.74, 6) is 1.33. The number of nitrogens with one attached hydrogen (secondary N) is 2. The molecular weight excluding hydrogens is 785 g/mol. The molecule has 2 spiro atoms. The third kappa shape index (κ3) is 8.48. The van der Waals surface area contributed by atoms with E-state index in [1.807, 2.05) is 0 Å². The molecule has 300 valence electrons. The number of nitrogens with zero attached hydrogens (tertiary/aromatic N) is 6. The SMILES string of the molecule is CN1CC[C@@]2(CC[C@@H](c3nccc(-c4ccc(C(F)(F)F)cc4)n3)N2)C1=O.CN1CC[C@@]2(CC[C@H](c3nccc(-c4ccc(C(F)(F)F)cc4)n3)N2)C1=O.Cl.Cl. The third-order valence-electron chi connectivity index (χ3n) is 10.9. The first-order chi connectivity index (χ1) is 25.6. The van der Waals surface area contributed by atoms with Crippen molar-refractivity contribution in [2.75, 3.05) is 27.2 Å². The maximum Gasteiger partial charge on any atom is 0.416 e. The van der Waals surface area contributed by atoms with E-state index in [2.05, 4.69) is 30.6 Å². The van der Waals surface area contributed by atoms with Crippen LogP contribution in [0.25, 0.3) is 22.5 Å². The summed E-state index contributed by atoms with van der Waals surface area (Å²) < 4.78 is 76.4. The average Bonchev–Trinajstić information content (AvgIpc) is 3.94. The molecule has 0 aliphatic carbocycles. The van der Waals surface area contributed by atoms with Crippen molar-refractivity contribution in [3.8, 4) is 22.5 Å². The fourth-order valence-electron chi connectivity index (χ4n) is 7.79. The van der Waals surface area contributed by atoms with E-state index in [0.717, 1.165) is 75.9 Å². The van der Waals surface area contributed by atoms with E-state index in [1.165, 1.54) is 24.3 Å². The van der Waals surface area contributed by atoms with Gasteiger partial charge in [0, 0.05) is 50.7 Å². The Balaban J connectivity index is 0.000000207. The highest BCUT2D eigenvalue weighted by molar-refractivity contribution is 5.89. The van der Waals surface area contributed by atoms with Crippen LogP contribution in [0.15, 0.2) is 73.1 Å². The summed E-state index contributed by atoms with van der Waals surface area (Å²) in [4.78, 5) is 46.1. The van der Waals surface area contributed by atoms with Crippen LogP contribution in [0.5, 0.6) is 0 Å². The van der Waals surface area contributed by atoms with Crippen molar-refractivity contribution in [3.63, 3.8) is 0 Å². The van der Waals surface area contributed by atoms with Gasteiger partial charge in [-0.05, 0) is 74.9 Å². The van der Waals surface area contributed by atoms with E-state index in [9.17, 15) is 35.9 Å². The summed E-state index contributed by atoms with van der Waals surface area (Å²) >= 11 is 0. The molecule has 4 aromatic rings. The Morgan fingerprint density at radius 2 is 0.946 bits per heavy atom. The maximum atomic E-state index is 12.7. The predicted octanol–water partition coefficient (Wildman–Crippen LogP) is 7.22.